The molecule has 0 aliphatic rings. The average Bonchev–Trinajstić information content (AvgIpc) is 2.47. The first kappa shape index (κ1) is 17.1. The van der Waals surface area contributed by atoms with Crippen LogP contribution in [0, 0.1) is 3.57 Å². The van der Waals surface area contributed by atoms with Crippen LogP contribution >= 0.6 is 22.6 Å². The monoisotopic (exact) mass is 431 g/mol. The molecular weight excluding hydrogens is 413 g/mol. The Labute approximate surface area is 145 Å². The van der Waals surface area contributed by atoms with E-state index in [4.69, 9.17) is 4.74 Å². The number of methoxy groups -OCH3 is 1. The molecule has 0 bridgehead atoms. The van der Waals surface area contributed by atoms with E-state index in [0.29, 0.717) is 17.4 Å². The molecule has 0 aliphatic heterocycles. The SMILES string of the molecule is COc1ccc(S(=O)(=O)Nc2ccc(C(C)C)cc2)cc1I. The number of benzene rings is 2. The zero-order chi connectivity index (χ0) is 16.3. The van der Waals surface area contributed by atoms with Gasteiger partial charge in [-0.1, -0.05) is 26.0 Å². The minimum absolute atomic E-state index is 0.214. The second-order valence-electron chi connectivity index (χ2n) is 5.18. The van der Waals surface area contributed by atoms with Crippen molar-refractivity contribution in [2.45, 2.75) is 24.7 Å². The van der Waals surface area contributed by atoms with Crippen LogP contribution in [0.1, 0.15) is 25.3 Å². The first-order valence-corrected chi connectivity index (χ1v) is 9.36. The molecule has 0 radical (unpaired) electrons. The van der Waals surface area contributed by atoms with Gasteiger partial charge in [0.2, 0.25) is 0 Å². The van der Waals surface area contributed by atoms with Crippen molar-refractivity contribution in [1.29, 1.82) is 0 Å². The predicted octanol–water partition coefficient (Wildman–Crippen LogP) is 4.22. The van der Waals surface area contributed by atoms with Gasteiger partial charge in [0, 0.05) is 5.69 Å². The quantitative estimate of drug-likeness (QED) is 0.722. The maximum absolute atomic E-state index is 12.4. The lowest BCUT2D eigenvalue weighted by Crippen LogP contribution is -2.13. The minimum atomic E-state index is -3.60. The molecule has 0 saturated carbocycles. The molecule has 0 fully saturated rings. The van der Waals surface area contributed by atoms with Crippen LogP contribution in [0.5, 0.6) is 5.75 Å². The predicted molar refractivity (Wildman–Crippen MR) is 97.1 cm³/mol. The van der Waals surface area contributed by atoms with Crippen LogP contribution in [0.15, 0.2) is 47.4 Å². The molecule has 118 valence electrons. The number of ether oxygens (including phenoxy) is 1. The lowest BCUT2D eigenvalue weighted by molar-refractivity contribution is 0.411. The van der Waals surface area contributed by atoms with Gasteiger partial charge in [0.05, 0.1) is 15.6 Å². The summed E-state index contributed by atoms with van der Waals surface area (Å²) in [5, 5.41) is 0. The van der Waals surface area contributed by atoms with Gasteiger partial charge in [-0.3, -0.25) is 4.72 Å². The first-order valence-electron chi connectivity index (χ1n) is 6.80. The van der Waals surface area contributed by atoms with Crippen molar-refractivity contribution in [2.75, 3.05) is 11.8 Å². The van der Waals surface area contributed by atoms with Gasteiger partial charge in [0.1, 0.15) is 5.75 Å². The van der Waals surface area contributed by atoms with Crippen LogP contribution in [-0.4, -0.2) is 15.5 Å². The first-order chi connectivity index (χ1) is 10.3. The molecule has 1 N–H and O–H groups in total. The van der Waals surface area contributed by atoms with E-state index in [9.17, 15) is 8.42 Å². The Morgan fingerprint density at radius 2 is 1.73 bits per heavy atom. The summed E-state index contributed by atoms with van der Waals surface area (Å²) in [5.41, 5.74) is 1.72. The smallest absolute Gasteiger partial charge is 0.261 e. The fraction of sp³-hybridized carbons (Fsp3) is 0.250. The van der Waals surface area contributed by atoms with E-state index >= 15 is 0 Å². The zero-order valence-electron chi connectivity index (χ0n) is 12.6. The lowest BCUT2D eigenvalue weighted by Gasteiger charge is -2.11. The number of rotatable bonds is 5. The Morgan fingerprint density at radius 3 is 2.23 bits per heavy atom. The van der Waals surface area contributed by atoms with Crippen LogP contribution in [0.2, 0.25) is 0 Å². The maximum Gasteiger partial charge on any atom is 0.261 e. The summed E-state index contributed by atoms with van der Waals surface area (Å²) in [6.07, 6.45) is 0. The van der Waals surface area contributed by atoms with Crippen molar-refractivity contribution >= 4 is 38.3 Å². The molecule has 22 heavy (non-hydrogen) atoms. The second-order valence-corrected chi connectivity index (χ2v) is 8.02. The molecule has 0 heterocycles. The number of hydrogen-bond acceptors (Lipinski definition) is 3. The van der Waals surface area contributed by atoms with E-state index in [-0.39, 0.29) is 4.90 Å². The summed E-state index contributed by atoms with van der Waals surface area (Å²) < 4.78 is 33.3. The number of hydrogen-bond donors (Lipinski definition) is 1. The largest absolute Gasteiger partial charge is 0.496 e. The van der Waals surface area contributed by atoms with Crippen LogP contribution in [0.4, 0.5) is 5.69 Å². The third-order valence-electron chi connectivity index (χ3n) is 3.26. The molecule has 0 atom stereocenters. The zero-order valence-corrected chi connectivity index (χ0v) is 15.6. The van der Waals surface area contributed by atoms with Crippen molar-refractivity contribution in [3.05, 3.63) is 51.6 Å². The molecule has 2 aromatic rings. The van der Waals surface area contributed by atoms with Gasteiger partial charge < -0.3 is 4.74 Å². The number of nitrogens with one attached hydrogen (secondary N) is 1. The van der Waals surface area contributed by atoms with Gasteiger partial charge in [-0.25, -0.2) is 8.42 Å². The fourth-order valence-corrected chi connectivity index (χ4v) is 4.00. The molecule has 0 unspecified atom stereocenters. The molecule has 4 nitrogen and oxygen atoms in total. The van der Waals surface area contributed by atoms with Crippen molar-refractivity contribution in [3.8, 4) is 5.75 Å². The van der Waals surface area contributed by atoms with Crippen LogP contribution < -0.4 is 9.46 Å². The van der Waals surface area contributed by atoms with E-state index in [1.165, 1.54) is 11.6 Å². The number of halogens is 1. The van der Waals surface area contributed by atoms with E-state index in [0.717, 1.165) is 3.57 Å². The van der Waals surface area contributed by atoms with E-state index < -0.39 is 10.0 Å². The molecule has 6 heteroatoms. The Morgan fingerprint density at radius 1 is 1.09 bits per heavy atom. The maximum atomic E-state index is 12.4. The van der Waals surface area contributed by atoms with Crippen LogP contribution in [-0.2, 0) is 10.0 Å². The molecule has 0 aromatic heterocycles. The van der Waals surface area contributed by atoms with Gasteiger partial charge in [0.25, 0.3) is 10.0 Å². The highest BCUT2D eigenvalue weighted by atomic mass is 127. The minimum Gasteiger partial charge on any atom is -0.496 e. The van der Waals surface area contributed by atoms with Crippen LogP contribution in [0.3, 0.4) is 0 Å². The molecule has 0 spiro atoms. The average molecular weight is 431 g/mol. The number of anilines is 1. The summed E-state index contributed by atoms with van der Waals surface area (Å²) in [5.74, 6) is 1.06. The summed E-state index contributed by atoms with van der Waals surface area (Å²) in [7, 11) is -2.05. The highest BCUT2D eigenvalue weighted by Gasteiger charge is 2.16. The standard InChI is InChI=1S/C16H18INO3S/c1-11(2)12-4-6-13(7-5-12)18-22(19,20)14-8-9-16(21-3)15(17)10-14/h4-11,18H,1-3H3. The Balaban J connectivity index is 2.25. The Kier molecular flexibility index (Phi) is 5.33. The second kappa shape index (κ2) is 6.87. The fourth-order valence-electron chi connectivity index (χ4n) is 1.96. The molecule has 0 aliphatic carbocycles. The van der Waals surface area contributed by atoms with Gasteiger partial charge in [-0.2, -0.15) is 0 Å². The Hall–Kier alpha value is -1.28. The molecule has 0 amide bonds. The molecule has 2 rings (SSSR count). The van der Waals surface area contributed by atoms with E-state index in [1.807, 2.05) is 12.1 Å². The summed E-state index contributed by atoms with van der Waals surface area (Å²) >= 11 is 2.05. The third kappa shape index (κ3) is 3.92. The van der Waals surface area contributed by atoms with Crippen molar-refractivity contribution in [2.24, 2.45) is 0 Å². The van der Waals surface area contributed by atoms with Crippen LogP contribution in [0.25, 0.3) is 0 Å². The van der Waals surface area contributed by atoms with Gasteiger partial charge >= 0.3 is 0 Å². The van der Waals surface area contributed by atoms with E-state index in [1.54, 1.807) is 31.4 Å². The normalized spacial score (nSPS) is 11.5. The van der Waals surface area contributed by atoms with E-state index in [2.05, 4.69) is 41.2 Å². The molecule has 0 saturated heterocycles. The van der Waals surface area contributed by atoms with Crippen molar-refractivity contribution < 1.29 is 13.2 Å². The van der Waals surface area contributed by atoms with Gasteiger partial charge in [-0.05, 0) is 64.4 Å². The highest BCUT2D eigenvalue weighted by molar-refractivity contribution is 14.1. The van der Waals surface area contributed by atoms with Crippen molar-refractivity contribution in [3.63, 3.8) is 0 Å². The number of sulfonamides is 1. The summed E-state index contributed by atoms with van der Waals surface area (Å²) in [6.45, 7) is 4.19. The van der Waals surface area contributed by atoms with Gasteiger partial charge in [0.15, 0.2) is 0 Å². The summed E-state index contributed by atoms with van der Waals surface area (Å²) in [6, 6.07) is 12.2. The lowest BCUT2D eigenvalue weighted by atomic mass is 10.0. The van der Waals surface area contributed by atoms with Gasteiger partial charge in [-0.15, -0.1) is 0 Å². The topological polar surface area (TPSA) is 55.4 Å². The summed E-state index contributed by atoms with van der Waals surface area (Å²) in [4.78, 5) is 0.214. The molecular formula is C16H18INO3S. The third-order valence-corrected chi connectivity index (χ3v) is 5.49. The highest BCUT2D eigenvalue weighted by Crippen LogP contribution is 2.25. The Bertz CT molecular complexity index is 755. The van der Waals surface area contributed by atoms with Crippen molar-refractivity contribution in [1.82, 2.24) is 0 Å². The molecule has 2 aromatic carbocycles.